The van der Waals surface area contributed by atoms with Gasteiger partial charge in [-0.15, -0.1) is 0 Å². The highest BCUT2D eigenvalue weighted by atomic mass is 35.5. The van der Waals surface area contributed by atoms with Crippen molar-refractivity contribution in [1.82, 2.24) is 0 Å². The van der Waals surface area contributed by atoms with E-state index in [1.165, 1.54) is 25.1 Å². The number of phenols is 1. The molecular weight excluding hydrogens is 218 g/mol. The van der Waals surface area contributed by atoms with Crippen molar-refractivity contribution in [2.24, 2.45) is 0 Å². The molecule has 0 amide bonds. The molecular formula is C10H8ClNO3. The molecule has 4 nitrogen and oxygen atoms in total. The van der Waals surface area contributed by atoms with E-state index in [2.05, 4.69) is 0 Å². The van der Waals surface area contributed by atoms with Gasteiger partial charge < -0.3 is 9.84 Å². The van der Waals surface area contributed by atoms with Crippen LogP contribution in [0.15, 0.2) is 18.2 Å². The van der Waals surface area contributed by atoms with Gasteiger partial charge in [0, 0.05) is 5.02 Å². The van der Waals surface area contributed by atoms with E-state index in [0.717, 1.165) is 0 Å². The minimum absolute atomic E-state index is 0.0513. The second kappa shape index (κ2) is 4.67. The van der Waals surface area contributed by atoms with E-state index in [9.17, 15) is 9.90 Å². The van der Waals surface area contributed by atoms with E-state index in [1.807, 2.05) is 0 Å². The van der Waals surface area contributed by atoms with Gasteiger partial charge in [-0.25, -0.2) is 4.79 Å². The number of phenolic OH excluding ortho intramolecular Hbond substituents is 1. The third-order valence-electron chi connectivity index (χ3n) is 1.64. The summed E-state index contributed by atoms with van der Waals surface area (Å²) in [5, 5.41) is 18.1. The maximum atomic E-state index is 11.4. The molecule has 0 fully saturated rings. The molecule has 1 unspecified atom stereocenters. The van der Waals surface area contributed by atoms with Crippen LogP contribution in [0.2, 0.25) is 5.02 Å². The molecule has 0 aromatic heterocycles. The number of rotatable bonds is 2. The first-order valence-electron chi connectivity index (χ1n) is 4.13. The lowest BCUT2D eigenvalue weighted by atomic mass is 10.2. The first-order chi connectivity index (χ1) is 7.04. The van der Waals surface area contributed by atoms with E-state index >= 15 is 0 Å². The zero-order valence-corrected chi connectivity index (χ0v) is 8.65. The quantitative estimate of drug-likeness (QED) is 0.783. The van der Waals surface area contributed by atoms with Crippen molar-refractivity contribution in [2.75, 3.05) is 0 Å². The topological polar surface area (TPSA) is 70.3 Å². The number of hydrogen-bond acceptors (Lipinski definition) is 4. The molecule has 0 saturated heterocycles. The third-order valence-corrected chi connectivity index (χ3v) is 1.88. The molecule has 0 aliphatic heterocycles. The Morgan fingerprint density at radius 3 is 2.93 bits per heavy atom. The molecule has 0 radical (unpaired) electrons. The molecule has 0 bridgehead atoms. The largest absolute Gasteiger partial charge is 0.507 e. The fraction of sp³-hybridized carbons (Fsp3) is 0.200. The first-order valence-corrected chi connectivity index (χ1v) is 4.51. The molecule has 0 spiro atoms. The monoisotopic (exact) mass is 225 g/mol. The Morgan fingerprint density at radius 2 is 2.33 bits per heavy atom. The molecule has 15 heavy (non-hydrogen) atoms. The number of benzene rings is 1. The van der Waals surface area contributed by atoms with Crippen LogP contribution in [0.4, 0.5) is 0 Å². The number of hydrogen-bond donors (Lipinski definition) is 1. The summed E-state index contributed by atoms with van der Waals surface area (Å²) < 4.78 is 4.70. The zero-order chi connectivity index (χ0) is 11.4. The van der Waals surface area contributed by atoms with Crippen LogP contribution in [-0.2, 0) is 4.74 Å². The van der Waals surface area contributed by atoms with Crippen molar-refractivity contribution in [3.63, 3.8) is 0 Å². The molecule has 1 aromatic rings. The minimum atomic E-state index is -0.865. The Hall–Kier alpha value is -1.73. The van der Waals surface area contributed by atoms with E-state index in [1.54, 1.807) is 6.07 Å². The summed E-state index contributed by atoms with van der Waals surface area (Å²) in [4.78, 5) is 11.4. The maximum absolute atomic E-state index is 11.4. The standard InChI is InChI=1S/C10H8ClNO3/c1-6(5-12)15-10(14)8-4-7(11)2-3-9(8)13/h2-4,6,13H,1H3. The van der Waals surface area contributed by atoms with Gasteiger partial charge in [-0.2, -0.15) is 5.26 Å². The number of carbonyl (C=O) groups excluding carboxylic acids is 1. The number of carbonyl (C=O) groups is 1. The Kier molecular flexibility index (Phi) is 3.53. The van der Waals surface area contributed by atoms with Crippen molar-refractivity contribution in [2.45, 2.75) is 13.0 Å². The summed E-state index contributed by atoms with van der Waals surface area (Å²) in [5.41, 5.74) is -0.0513. The molecule has 5 heteroatoms. The number of esters is 1. The molecule has 1 aromatic carbocycles. The van der Waals surface area contributed by atoms with Gasteiger partial charge in [0.05, 0.1) is 0 Å². The summed E-state index contributed by atoms with van der Waals surface area (Å²) in [6.07, 6.45) is -0.865. The maximum Gasteiger partial charge on any atom is 0.343 e. The highest BCUT2D eigenvalue weighted by Crippen LogP contribution is 2.22. The van der Waals surface area contributed by atoms with Gasteiger partial charge >= 0.3 is 5.97 Å². The minimum Gasteiger partial charge on any atom is -0.507 e. The van der Waals surface area contributed by atoms with Gasteiger partial charge in [0.25, 0.3) is 0 Å². The van der Waals surface area contributed by atoms with Crippen molar-refractivity contribution in [1.29, 1.82) is 5.26 Å². The molecule has 1 rings (SSSR count). The Bertz CT molecular complexity index is 425. The second-order valence-corrected chi connectivity index (χ2v) is 3.27. The van der Waals surface area contributed by atoms with Gasteiger partial charge in [0.15, 0.2) is 6.10 Å². The Labute approximate surface area is 91.7 Å². The molecule has 0 aliphatic carbocycles. The van der Waals surface area contributed by atoms with Crippen LogP contribution >= 0.6 is 11.6 Å². The second-order valence-electron chi connectivity index (χ2n) is 2.84. The number of ether oxygens (including phenoxy) is 1. The molecule has 0 heterocycles. The summed E-state index contributed by atoms with van der Waals surface area (Å²) in [5.74, 6) is -1.00. The normalized spacial score (nSPS) is 11.5. The fourth-order valence-electron chi connectivity index (χ4n) is 0.922. The van der Waals surface area contributed by atoms with E-state index in [0.29, 0.717) is 5.02 Å². The van der Waals surface area contributed by atoms with Crippen LogP contribution in [0.25, 0.3) is 0 Å². The Balaban J connectivity index is 2.92. The number of nitrogens with zero attached hydrogens (tertiary/aromatic N) is 1. The SMILES string of the molecule is CC(C#N)OC(=O)c1cc(Cl)ccc1O. The summed E-state index contributed by atoms with van der Waals surface area (Å²) in [6.45, 7) is 1.43. The number of aromatic hydroxyl groups is 1. The molecule has 1 N–H and O–H groups in total. The predicted octanol–water partition coefficient (Wildman–Crippen LogP) is 2.11. The average Bonchev–Trinajstić information content (AvgIpc) is 2.21. The summed E-state index contributed by atoms with van der Waals surface area (Å²) >= 11 is 5.65. The summed E-state index contributed by atoms with van der Waals surface area (Å²) in [6, 6.07) is 5.76. The van der Waals surface area contributed by atoms with Crippen molar-refractivity contribution >= 4 is 17.6 Å². The van der Waals surface area contributed by atoms with Crippen molar-refractivity contribution < 1.29 is 14.6 Å². The lowest BCUT2D eigenvalue weighted by Gasteiger charge is -2.07. The molecule has 0 saturated carbocycles. The average molecular weight is 226 g/mol. The van der Waals surface area contributed by atoms with Crippen LogP contribution < -0.4 is 0 Å². The first kappa shape index (κ1) is 11.3. The highest BCUT2D eigenvalue weighted by molar-refractivity contribution is 6.31. The third kappa shape index (κ3) is 2.86. The molecule has 0 aliphatic rings. The summed E-state index contributed by atoms with van der Waals surface area (Å²) in [7, 11) is 0. The van der Waals surface area contributed by atoms with Crippen LogP contribution in [0.3, 0.4) is 0 Å². The predicted molar refractivity (Wildman–Crippen MR) is 53.6 cm³/mol. The van der Waals surface area contributed by atoms with E-state index < -0.39 is 12.1 Å². The van der Waals surface area contributed by atoms with Gasteiger partial charge in [0.2, 0.25) is 0 Å². The molecule has 1 atom stereocenters. The number of halogens is 1. The lowest BCUT2D eigenvalue weighted by Crippen LogP contribution is -2.13. The van der Waals surface area contributed by atoms with Gasteiger partial charge in [-0.05, 0) is 25.1 Å². The smallest absolute Gasteiger partial charge is 0.343 e. The fourth-order valence-corrected chi connectivity index (χ4v) is 1.09. The van der Waals surface area contributed by atoms with Gasteiger partial charge in [0.1, 0.15) is 17.4 Å². The lowest BCUT2D eigenvalue weighted by molar-refractivity contribution is 0.0432. The highest BCUT2D eigenvalue weighted by Gasteiger charge is 2.15. The van der Waals surface area contributed by atoms with Crippen molar-refractivity contribution in [3.8, 4) is 11.8 Å². The van der Waals surface area contributed by atoms with Gasteiger partial charge in [-0.1, -0.05) is 11.6 Å². The van der Waals surface area contributed by atoms with Gasteiger partial charge in [-0.3, -0.25) is 0 Å². The van der Waals surface area contributed by atoms with E-state index in [-0.39, 0.29) is 11.3 Å². The van der Waals surface area contributed by atoms with Crippen LogP contribution in [0.5, 0.6) is 5.75 Å². The Morgan fingerprint density at radius 1 is 1.67 bits per heavy atom. The van der Waals surface area contributed by atoms with Crippen LogP contribution in [0, 0.1) is 11.3 Å². The zero-order valence-electron chi connectivity index (χ0n) is 7.90. The van der Waals surface area contributed by atoms with Crippen LogP contribution in [-0.4, -0.2) is 17.2 Å². The van der Waals surface area contributed by atoms with E-state index in [4.69, 9.17) is 21.6 Å². The van der Waals surface area contributed by atoms with Crippen LogP contribution in [0.1, 0.15) is 17.3 Å². The molecule has 78 valence electrons. The van der Waals surface area contributed by atoms with Crippen molar-refractivity contribution in [3.05, 3.63) is 28.8 Å². The number of nitriles is 1.